The van der Waals surface area contributed by atoms with Gasteiger partial charge in [-0.3, -0.25) is 0 Å². The molecule has 0 N–H and O–H groups in total. The predicted octanol–water partition coefficient (Wildman–Crippen LogP) is 4.57. The molecule has 0 aliphatic carbocycles. The smallest absolute Gasteiger partial charge is 0.165 e. The third kappa shape index (κ3) is 4.25. The van der Waals surface area contributed by atoms with E-state index in [0.717, 1.165) is 42.2 Å². The molecule has 0 aliphatic rings. The first-order valence-electron chi connectivity index (χ1n) is 7.38. The molecular formula is C18H19NO3. The van der Waals surface area contributed by atoms with Crippen LogP contribution in [0.4, 0.5) is 0 Å². The molecule has 0 amide bonds. The summed E-state index contributed by atoms with van der Waals surface area (Å²) in [5.74, 6) is 0.535. The molecule has 1 unspecified atom stereocenters. The van der Waals surface area contributed by atoms with Crippen molar-refractivity contribution in [3.63, 3.8) is 0 Å². The van der Waals surface area contributed by atoms with Gasteiger partial charge in [0.2, 0.25) is 0 Å². The SMILES string of the molecule is CC(C=O)CCCc1ccc(-c2ccccc2)cc1ON=O. The van der Waals surface area contributed by atoms with Crippen molar-refractivity contribution < 1.29 is 9.63 Å². The van der Waals surface area contributed by atoms with Crippen LogP contribution in [0.5, 0.6) is 5.75 Å². The van der Waals surface area contributed by atoms with Crippen LogP contribution >= 0.6 is 0 Å². The summed E-state index contributed by atoms with van der Waals surface area (Å²) in [7, 11) is 0. The van der Waals surface area contributed by atoms with Gasteiger partial charge in [-0.1, -0.05) is 49.4 Å². The van der Waals surface area contributed by atoms with Crippen LogP contribution in [-0.4, -0.2) is 6.29 Å². The fourth-order valence-electron chi connectivity index (χ4n) is 2.38. The maximum atomic E-state index is 10.6. The van der Waals surface area contributed by atoms with Gasteiger partial charge in [0, 0.05) is 5.92 Å². The van der Waals surface area contributed by atoms with Crippen LogP contribution in [0.1, 0.15) is 25.3 Å². The predicted molar refractivity (Wildman–Crippen MR) is 86.5 cm³/mol. The van der Waals surface area contributed by atoms with E-state index >= 15 is 0 Å². The maximum Gasteiger partial charge on any atom is 0.165 e. The molecule has 4 heteroatoms. The minimum Gasteiger partial charge on any atom is -0.324 e. The first kappa shape index (κ1) is 15.9. The Bertz CT molecular complexity index is 625. The normalized spacial score (nSPS) is 11.7. The molecule has 1 atom stereocenters. The Morgan fingerprint density at radius 3 is 2.59 bits per heavy atom. The third-order valence-corrected chi connectivity index (χ3v) is 3.65. The Morgan fingerprint density at radius 1 is 1.14 bits per heavy atom. The topological polar surface area (TPSA) is 55.7 Å². The number of carbonyl (C=O) groups excluding carboxylic acids is 1. The lowest BCUT2D eigenvalue weighted by Crippen LogP contribution is -1.98. The average molecular weight is 297 g/mol. The summed E-state index contributed by atoms with van der Waals surface area (Å²) in [5.41, 5.74) is 2.96. The zero-order valence-corrected chi connectivity index (χ0v) is 12.6. The van der Waals surface area contributed by atoms with Crippen LogP contribution in [0.3, 0.4) is 0 Å². The number of carbonyl (C=O) groups is 1. The van der Waals surface area contributed by atoms with Crippen LogP contribution in [0.15, 0.2) is 53.9 Å². The van der Waals surface area contributed by atoms with E-state index in [1.807, 2.05) is 55.5 Å². The number of rotatable bonds is 8. The number of nitrogens with zero attached hydrogens (tertiary/aromatic N) is 1. The van der Waals surface area contributed by atoms with E-state index in [0.29, 0.717) is 5.75 Å². The molecule has 0 heterocycles. The minimum atomic E-state index is 0.0529. The van der Waals surface area contributed by atoms with Crippen molar-refractivity contribution in [1.82, 2.24) is 0 Å². The molecule has 4 nitrogen and oxygen atoms in total. The van der Waals surface area contributed by atoms with Crippen LogP contribution in [0.25, 0.3) is 11.1 Å². The van der Waals surface area contributed by atoms with Crippen molar-refractivity contribution in [3.05, 3.63) is 59.0 Å². The maximum absolute atomic E-state index is 10.6. The van der Waals surface area contributed by atoms with Gasteiger partial charge in [0.05, 0.1) is 0 Å². The second kappa shape index (κ2) is 8.08. The number of benzene rings is 2. The van der Waals surface area contributed by atoms with Crippen molar-refractivity contribution in [1.29, 1.82) is 0 Å². The van der Waals surface area contributed by atoms with Crippen LogP contribution in [-0.2, 0) is 11.2 Å². The number of aryl methyl sites for hydroxylation is 1. The zero-order chi connectivity index (χ0) is 15.8. The number of hydrogen-bond donors (Lipinski definition) is 0. The summed E-state index contributed by atoms with van der Waals surface area (Å²) >= 11 is 0. The van der Waals surface area contributed by atoms with Crippen molar-refractivity contribution in [3.8, 4) is 16.9 Å². The second-order valence-corrected chi connectivity index (χ2v) is 5.36. The van der Waals surface area contributed by atoms with Gasteiger partial charge in [-0.05, 0) is 42.0 Å². The van der Waals surface area contributed by atoms with E-state index in [2.05, 4.69) is 5.34 Å². The highest BCUT2D eigenvalue weighted by Gasteiger charge is 2.09. The van der Waals surface area contributed by atoms with E-state index in [-0.39, 0.29) is 5.92 Å². The lowest BCUT2D eigenvalue weighted by molar-refractivity contribution is -0.110. The highest BCUT2D eigenvalue weighted by molar-refractivity contribution is 5.66. The van der Waals surface area contributed by atoms with Crippen LogP contribution in [0.2, 0.25) is 0 Å². The molecule has 0 fully saturated rings. The van der Waals surface area contributed by atoms with Gasteiger partial charge in [0.1, 0.15) is 6.29 Å². The van der Waals surface area contributed by atoms with Gasteiger partial charge < -0.3 is 9.63 Å². The Morgan fingerprint density at radius 2 is 1.91 bits per heavy atom. The lowest BCUT2D eigenvalue weighted by atomic mass is 9.98. The first-order chi connectivity index (χ1) is 10.7. The molecule has 0 saturated heterocycles. The molecule has 0 spiro atoms. The number of aldehydes is 1. The molecule has 2 rings (SSSR count). The fraction of sp³-hybridized carbons (Fsp3) is 0.278. The Kier molecular flexibility index (Phi) is 5.83. The van der Waals surface area contributed by atoms with Crippen molar-refractivity contribution >= 4 is 6.29 Å². The summed E-state index contributed by atoms with van der Waals surface area (Å²) in [4.78, 5) is 26.0. The molecule has 22 heavy (non-hydrogen) atoms. The summed E-state index contributed by atoms with van der Waals surface area (Å²) in [6.45, 7) is 1.90. The van der Waals surface area contributed by atoms with E-state index in [4.69, 9.17) is 4.84 Å². The van der Waals surface area contributed by atoms with Crippen LogP contribution < -0.4 is 4.84 Å². The zero-order valence-electron chi connectivity index (χ0n) is 12.6. The number of hydrogen-bond acceptors (Lipinski definition) is 4. The van der Waals surface area contributed by atoms with Crippen molar-refractivity contribution in [2.45, 2.75) is 26.2 Å². The highest BCUT2D eigenvalue weighted by atomic mass is 16.7. The van der Waals surface area contributed by atoms with Gasteiger partial charge in [0.25, 0.3) is 0 Å². The molecule has 0 saturated carbocycles. The van der Waals surface area contributed by atoms with E-state index < -0.39 is 0 Å². The van der Waals surface area contributed by atoms with Gasteiger partial charge in [-0.25, -0.2) is 0 Å². The third-order valence-electron chi connectivity index (χ3n) is 3.65. The first-order valence-corrected chi connectivity index (χ1v) is 7.38. The molecule has 0 aliphatic heterocycles. The monoisotopic (exact) mass is 297 g/mol. The van der Waals surface area contributed by atoms with E-state index in [9.17, 15) is 9.70 Å². The Labute approximate surface area is 130 Å². The molecule has 0 bridgehead atoms. The van der Waals surface area contributed by atoms with Gasteiger partial charge >= 0.3 is 0 Å². The quantitative estimate of drug-likeness (QED) is 0.407. The van der Waals surface area contributed by atoms with E-state index in [1.54, 1.807) is 0 Å². The molecule has 114 valence electrons. The van der Waals surface area contributed by atoms with Gasteiger partial charge in [-0.15, -0.1) is 4.91 Å². The van der Waals surface area contributed by atoms with Crippen molar-refractivity contribution in [2.75, 3.05) is 0 Å². The molecular weight excluding hydrogens is 278 g/mol. The Hall–Kier alpha value is -2.49. The Balaban J connectivity index is 2.16. The summed E-state index contributed by atoms with van der Waals surface area (Å²) in [6.07, 6.45) is 3.39. The van der Waals surface area contributed by atoms with Gasteiger partial charge in [-0.2, -0.15) is 0 Å². The minimum absolute atomic E-state index is 0.0529. The summed E-state index contributed by atoms with van der Waals surface area (Å²) in [5, 5.41) is 2.55. The summed E-state index contributed by atoms with van der Waals surface area (Å²) < 4.78 is 0. The van der Waals surface area contributed by atoms with Crippen molar-refractivity contribution in [2.24, 2.45) is 11.3 Å². The summed E-state index contributed by atoms with van der Waals surface area (Å²) in [6, 6.07) is 15.7. The second-order valence-electron chi connectivity index (χ2n) is 5.36. The van der Waals surface area contributed by atoms with Gasteiger partial charge in [0.15, 0.2) is 11.1 Å². The largest absolute Gasteiger partial charge is 0.324 e. The molecule has 0 radical (unpaired) electrons. The molecule has 0 aromatic heterocycles. The lowest BCUT2D eigenvalue weighted by Gasteiger charge is -2.09. The fourth-order valence-corrected chi connectivity index (χ4v) is 2.38. The molecule has 2 aromatic rings. The molecule has 2 aromatic carbocycles. The highest BCUT2D eigenvalue weighted by Crippen LogP contribution is 2.29. The average Bonchev–Trinajstić information content (AvgIpc) is 2.57. The van der Waals surface area contributed by atoms with E-state index in [1.165, 1.54) is 0 Å². The standard InChI is InChI=1S/C18H19NO3/c1-14(13-20)6-5-9-16-10-11-17(12-18(16)22-19-21)15-7-3-2-4-8-15/h2-4,7-8,10-14H,5-6,9H2,1H3. The van der Waals surface area contributed by atoms with Crippen LogP contribution in [0, 0.1) is 10.8 Å².